The lowest BCUT2D eigenvalue weighted by Crippen LogP contribution is -1.96. The SMILES string of the molecule is CCc1n[nH]c(=S)n1N=Cc1ccc(-c2ccc(Br)cc2)o1. The molecule has 1 N–H and O–H groups in total. The van der Waals surface area contributed by atoms with Gasteiger partial charge in [0, 0.05) is 16.5 Å². The molecule has 3 aromatic rings. The van der Waals surface area contributed by atoms with Gasteiger partial charge in [-0.1, -0.05) is 35.0 Å². The van der Waals surface area contributed by atoms with Crippen LogP contribution in [0.5, 0.6) is 0 Å². The first-order valence-electron chi connectivity index (χ1n) is 6.74. The largest absolute Gasteiger partial charge is 0.455 e. The number of benzene rings is 1. The second-order valence-electron chi connectivity index (χ2n) is 4.56. The Morgan fingerprint density at radius 3 is 2.82 bits per heavy atom. The van der Waals surface area contributed by atoms with Crippen LogP contribution >= 0.6 is 28.1 Å². The molecule has 0 spiro atoms. The molecule has 5 nitrogen and oxygen atoms in total. The maximum atomic E-state index is 5.78. The zero-order valence-corrected chi connectivity index (χ0v) is 14.2. The van der Waals surface area contributed by atoms with Gasteiger partial charge in [0.05, 0.1) is 6.21 Å². The number of aromatic amines is 1. The monoisotopic (exact) mass is 376 g/mol. The number of furan rings is 1. The minimum absolute atomic E-state index is 0.466. The van der Waals surface area contributed by atoms with Crippen molar-refractivity contribution < 1.29 is 4.42 Å². The van der Waals surface area contributed by atoms with Gasteiger partial charge in [0.2, 0.25) is 4.77 Å². The summed E-state index contributed by atoms with van der Waals surface area (Å²) in [4.78, 5) is 0. The Morgan fingerprint density at radius 2 is 2.09 bits per heavy atom. The molecule has 0 aliphatic heterocycles. The Kier molecular flexibility index (Phi) is 4.35. The van der Waals surface area contributed by atoms with E-state index in [1.54, 1.807) is 10.9 Å². The van der Waals surface area contributed by atoms with E-state index in [2.05, 4.69) is 31.2 Å². The molecule has 2 aromatic heterocycles. The molecule has 7 heteroatoms. The number of aromatic nitrogens is 3. The van der Waals surface area contributed by atoms with Gasteiger partial charge in [-0.25, -0.2) is 0 Å². The van der Waals surface area contributed by atoms with E-state index in [4.69, 9.17) is 16.6 Å². The fourth-order valence-corrected chi connectivity index (χ4v) is 2.44. The number of nitrogens with one attached hydrogen (secondary N) is 1. The van der Waals surface area contributed by atoms with Crippen LogP contribution in [0.2, 0.25) is 0 Å². The highest BCUT2D eigenvalue weighted by molar-refractivity contribution is 9.10. The van der Waals surface area contributed by atoms with Crippen LogP contribution in [0.15, 0.2) is 50.4 Å². The molecule has 0 aliphatic rings. The van der Waals surface area contributed by atoms with E-state index in [0.29, 0.717) is 10.5 Å². The van der Waals surface area contributed by atoms with E-state index < -0.39 is 0 Å². The molecule has 0 aliphatic carbocycles. The molecule has 0 bridgehead atoms. The van der Waals surface area contributed by atoms with Crippen molar-refractivity contribution in [3.05, 3.63) is 57.2 Å². The number of aryl methyl sites for hydroxylation is 1. The van der Waals surface area contributed by atoms with Gasteiger partial charge in [-0.15, -0.1) is 0 Å². The molecule has 112 valence electrons. The summed E-state index contributed by atoms with van der Waals surface area (Å²) in [5, 5.41) is 11.2. The van der Waals surface area contributed by atoms with Gasteiger partial charge in [0.1, 0.15) is 11.5 Å². The molecule has 0 amide bonds. The molecule has 0 radical (unpaired) electrons. The average molecular weight is 377 g/mol. The third-order valence-corrected chi connectivity index (χ3v) is 3.88. The summed E-state index contributed by atoms with van der Waals surface area (Å²) < 4.78 is 8.87. The maximum absolute atomic E-state index is 5.78. The van der Waals surface area contributed by atoms with Crippen LogP contribution in [-0.4, -0.2) is 21.1 Å². The maximum Gasteiger partial charge on any atom is 0.216 e. The molecule has 2 heterocycles. The predicted octanol–water partition coefficient (Wildman–Crippen LogP) is 4.41. The lowest BCUT2D eigenvalue weighted by molar-refractivity contribution is 0.574. The zero-order valence-electron chi connectivity index (χ0n) is 11.8. The molecule has 22 heavy (non-hydrogen) atoms. The van der Waals surface area contributed by atoms with Crippen molar-refractivity contribution in [1.82, 2.24) is 14.9 Å². The summed E-state index contributed by atoms with van der Waals surface area (Å²) in [5.74, 6) is 2.23. The van der Waals surface area contributed by atoms with Crippen LogP contribution in [0.25, 0.3) is 11.3 Å². The van der Waals surface area contributed by atoms with Crippen LogP contribution in [0.4, 0.5) is 0 Å². The Balaban J connectivity index is 1.85. The van der Waals surface area contributed by atoms with E-state index in [-0.39, 0.29) is 0 Å². The molecule has 1 aromatic carbocycles. The third kappa shape index (κ3) is 3.10. The highest BCUT2D eigenvalue weighted by Crippen LogP contribution is 2.23. The second kappa shape index (κ2) is 6.41. The number of H-pyrrole nitrogens is 1. The second-order valence-corrected chi connectivity index (χ2v) is 5.87. The smallest absolute Gasteiger partial charge is 0.216 e. The summed E-state index contributed by atoms with van der Waals surface area (Å²) in [6.07, 6.45) is 2.37. The van der Waals surface area contributed by atoms with Crippen molar-refractivity contribution in [3.63, 3.8) is 0 Å². The molecule has 0 saturated heterocycles. The quantitative estimate of drug-likeness (QED) is 0.541. The molecule has 3 rings (SSSR count). The molecule has 0 fully saturated rings. The van der Waals surface area contributed by atoms with Gasteiger partial charge < -0.3 is 4.42 Å². The number of halogens is 1. The average Bonchev–Trinajstić information content (AvgIpc) is 3.12. The Morgan fingerprint density at radius 1 is 1.32 bits per heavy atom. The van der Waals surface area contributed by atoms with E-state index >= 15 is 0 Å². The molecular weight excluding hydrogens is 364 g/mol. The van der Waals surface area contributed by atoms with Gasteiger partial charge in [-0.2, -0.15) is 14.9 Å². The topological polar surface area (TPSA) is 59.1 Å². The highest BCUT2D eigenvalue weighted by atomic mass is 79.9. The van der Waals surface area contributed by atoms with Gasteiger partial charge in [0.15, 0.2) is 5.82 Å². The summed E-state index contributed by atoms with van der Waals surface area (Å²) in [6, 6.07) is 11.7. The normalized spacial score (nSPS) is 11.4. The first kappa shape index (κ1) is 14.9. The lowest BCUT2D eigenvalue weighted by Gasteiger charge is -1.97. The number of nitrogens with zero attached hydrogens (tertiary/aromatic N) is 3. The number of hydrogen-bond donors (Lipinski definition) is 1. The van der Waals surface area contributed by atoms with Crippen LogP contribution in [0, 0.1) is 4.77 Å². The van der Waals surface area contributed by atoms with E-state index in [1.165, 1.54) is 0 Å². The first-order chi connectivity index (χ1) is 10.7. The van der Waals surface area contributed by atoms with Gasteiger partial charge in [-0.05, 0) is 36.5 Å². The molecule has 0 saturated carbocycles. The van der Waals surface area contributed by atoms with Crippen LogP contribution < -0.4 is 0 Å². The van der Waals surface area contributed by atoms with Crippen LogP contribution in [0.1, 0.15) is 18.5 Å². The number of hydrogen-bond acceptors (Lipinski definition) is 4. The lowest BCUT2D eigenvalue weighted by atomic mass is 10.2. The Labute approximate surface area is 140 Å². The molecule has 0 unspecified atom stereocenters. The summed E-state index contributed by atoms with van der Waals surface area (Å²) in [5.41, 5.74) is 1.01. The van der Waals surface area contributed by atoms with Crippen molar-refractivity contribution >= 4 is 34.4 Å². The Hall–Kier alpha value is -1.99. The van der Waals surface area contributed by atoms with Gasteiger partial charge in [0.25, 0.3) is 0 Å². The minimum atomic E-state index is 0.466. The van der Waals surface area contributed by atoms with Crippen molar-refractivity contribution in [1.29, 1.82) is 0 Å². The van der Waals surface area contributed by atoms with Gasteiger partial charge >= 0.3 is 0 Å². The van der Waals surface area contributed by atoms with E-state index in [9.17, 15) is 0 Å². The van der Waals surface area contributed by atoms with E-state index in [1.807, 2.05) is 43.3 Å². The van der Waals surface area contributed by atoms with Gasteiger partial charge in [-0.3, -0.25) is 5.10 Å². The first-order valence-corrected chi connectivity index (χ1v) is 7.94. The number of rotatable bonds is 4. The van der Waals surface area contributed by atoms with Crippen molar-refractivity contribution in [2.24, 2.45) is 5.10 Å². The fourth-order valence-electron chi connectivity index (χ4n) is 1.98. The van der Waals surface area contributed by atoms with Crippen molar-refractivity contribution in [3.8, 4) is 11.3 Å². The Bertz CT molecular complexity index is 860. The fraction of sp³-hybridized carbons (Fsp3) is 0.133. The zero-order chi connectivity index (χ0) is 15.5. The van der Waals surface area contributed by atoms with Crippen LogP contribution in [0.3, 0.4) is 0 Å². The molecule has 0 atom stereocenters. The standard InChI is InChI=1S/C15H13BrN4OS/c1-2-14-18-19-15(22)20(14)17-9-12-7-8-13(21-12)10-3-5-11(16)6-4-10/h3-9H,2H2,1H3,(H,19,22). The highest BCUT2D eigenvalue weighted by Gasteiger charge is 2.05. The summed E-state index contributed by atoms with van der Waals surface area (Å²) >= 11 is 8.56. The van der Waals surface area contributed by atoms with Crippen molar-refractivity contribution in [2.75, 3.05) is 0 Å². The predicted molar refractivity (Wildman–Crippen MR) is 91.6 cm³/mol. The minimum Gasteiger partial charge on any atom is -0.455 e. The summed E-state index contributed by atoms with van der Waals surface area (Å²) in [7, 11) is 0. The van der Waals surface area contributed by atoms with E-state index in [0.717, 1.165) is 28.0 Å². The summed E-state index contributed by atoms with van der Waals surface area (Å²) in [6.45, 7) is 2.00. The van der Waals surface area contributed by atoms with Crippen molar-refractivity contribution in [2.45, 2.75) is 13.3 Å². The molecular formula is C15H13BrN4OS. The third-order valence-electron chi connectivity index (χ3n) is 3.09. The van der Waals surface area contributed by atoms with Crippen LogP contribution in [-0.2, 0) is 6.42 Å².